The number of esters is 1. The average molecular weight is 373 g/mol. The summed E-state index contributed by atoms with van der Waals surface area (Å²) < 4.78 is 21.7. The van der Waals surface area contributed by atoms with Crippen LogP contribution in [0.5, 0.6) is 0 Å². The number of oxazole rings is 1. The number of aromatic nitrogens is 1. The standard InChI is InChI=1S/C20H23NO6/c1-13-21-16(12-26-13)19-18(20(23)24-2)17(22)10-15(27-19)8-9-25-11-14-6-4-3-5-7-14/h3-7,12,15,18-19H,8-11H2,1-2H3/t15-,18-,19+/m0/s1. The zero-order valence-electron chi connectivity index (χ0n) is 15.4. The van der Waals surface area contributed by atoms with Crippen LogP contribution in [0.3, 0.4) is 0 Å². The number of carbonyl (C=O) groups is 2. The van der Waals surface area contributed by atoms with Gasteiger partial charge in [-0.3, -0.25) is 9.59 Å². The molecule has 1 saturated heterocycles. The van der Waals surface area contributed by atoms with Crippen molar-refractivity contribution in [2.24, 2.45) is 5.92 Å². The lowest BCUT2D eigenvalue weighted by molar-refractivity contribution is -0.169. The second-order valence-corrected chi connectivity index (χ2v) is 6.47. The van der Waals surface area contributed by atoms with E-state index < -0.39 is 18.0 Å². The van der Waals surface area contributed by atoms with Crippen molar-refractivity contribution in [1.82, 2.24) is 4.98 Å². The van der Waals surface area contributed by atoms with Gasteiger partial charge in [-0.15, -0.1) is 0 Å². The third kappa shape index (κ3) is 4.81. The average Bonchev–Trinajstić information content (AvgIpc) is 3.11. The Morgan fingerprint density at radius 2 is 2.07 bits per heavy atom. The molecule has 0 unspecified atom stereocenters. The summed E-state index contributed by atoms with van der Waals surface area (Å²) in [5, 5.41) is 0. The van der Waals surface area contributed by atoms with Crippen LogP contribution in [0, 0.1) is 12.8 Å². The van der Waals surface area contributed by atoms with Crippen molar-refractivity contribution in [1.29, 1.82) is 0 Å². The van der Waals surface area contributed by atoms with Crippen LogP contribution in [-0.2, 0) is 30.4 Å². The minimum atomic E-state index is -1.03. The molecule has 0 amide bonds. The van der Waals surface area contributed by atoms with E-state index in [0.29, 0.717) is 31.2 Å². The van der Waals surface area contributed by atoms with Gasteiger partial charge in [-0.25, -0.2) is 4.98 Å². The molecule has 1 aliphatic rings. The molecule has 144 valence electrons. The van der Waals surface area contributed by atoms with Gasteiger partial charge in [0.2, 0.25) is 0 Å². The van der Waals surface area contributed by atoms with Gasteiger partial charge in [0, 0.05) is 20.0 Å². The molecule has 1 fully saturated rings. The van der Waals surface area contributed by atoms with Crippen molar-refractivity contribution in [2.45, 2.75) is 38.6 Å². The first-order valence-corrected chi connectivity index (χ1v) is 8.88. The van der Waals surface area contributed by atoms with Crippen LogP contribution in [0.1, 0.15) is 36.1 Å². The normalized spacial score (nSPS) is 22.6. The number of nitrogens with zero attached hydrogens (tertiary/aromatic N) is 1. The first-order chi connectivity index (χ1) is 13.1. The summed E-state index contributed by atoms with van der Waals surface area (Å²) in [5.74, 6) is -1.42. The molecule has 3 rings (SSSR count). The number of hydrogen-bond donors (Lipinski definition) is 0. The van der Waals surface area contributed by atoms with Crippen molar-refractivity contribution >= 4 is 11.8 Å². The van der Waals surface area contributed by atoms with Crippen molar-refractivity contribution < 1.29 is 28.2 Å². The third-order valence-electron chi connectivity index (χ3n) is 4.50. The van der Waals surface area contributed by atoms with Crippen LogP contribution in [0.2, 0.25) is 0 Å². The summed E-state index contributed by atoms with van der Waals surface area (Å²) in [7, 11) is 1.25. The Kier molecular flexibility index (Phi) is 6.36. The molecule has 27 heavy (non-hydrogen) atoms. The molecule has 2 heterocycles. The zero-order valence-corrected chi connectivity index (χ0v) is 15.4. The molecule has 7 heteroatoms. The highest BCUT2D eigenvalue weighted by atomic mass is 16.5. The van der Waals surface area contributed by atoms with Gasteiger partial charge in [-0.2, -0.15) is 0 Å². The summed E-state index contributed by atoms with van der Waals surface area (Å²) in [6, 6.07) is 9.85. The van der Waals surface area contributed by atoms with Gasteiger partial charge in [0.15, 0.2) is 11.7 Å². The summed E-state index contributed by atoms with van der Waals surface area (Å²) in [5.41, 5.74) is 1.51. The zero-order chi connectivity index (χ0) is 19.2. The molecule has 1 aliphatic heterocycles. The van der Waals surface area contributed by atoms with Crippen LogP contribution in [0.25, 0.3) is 0 Å². The van der Waals surface area contributed by atoms with Crippen LogP contribution in [0.15, 0.2) is 41.0 Å². The lowest BCUT2D eigenvalue weighted by atomic mass is 9.88. The van der Waals surface area contributed by atoms with E-state index in [9.17, 15) is 9.59 Å². The molecule has 0 spiro atoms. The number of ether oxygens (including phenoxy) is 3. The molecule has 1 aromatic carbocycles. The van der Waals surface area contributed by atoms with Gasteiger partial charge in [0.25, 0.3) is 0 Å². The maximum atomic E-state index is 12.6. The Bertz CT molecular complexity index is 772. The predicted molar refractivity (Wildman–Crippen MR) is 94.7 cm³/mol. The smallest absolute Gasteiger partial charge is 0.319 e. The predicted octanol–water partition coefficient (Wildman–Crippen LogP) is 2.78. The van der Waals surface area contributed by atoms with Crippen LogP contribution < -0.4 is 0 Å². The Morgan fingerprint density at radius 1 is 1.30 bits per heavy atom. The molecule has 3 atom stereocenters. The van der Waals surface area contributed by atoms with Crippen molar-refractivity contribution in [3.05, 3.63) is 53.7 Å². The minimum absolute atomic E-state index is 0.141. The number of carbonyl (C=O) groups excluding carboxylic acids is 2. The van der Waals surface area contributed by atoms with E-state index in [1.54, 1.807) is 6.92 Å². The summed E-state index contributed by atoms with van der Waals surface area (Å²) in [6.07, 6.45) is 0.936. The van der Waals surface area contributed by atoms with Crippen LogP contribution in [-0.4, -0.2) is 36.6 Å². The number of Topliss-reactive ketones (excluding diaryl/α,β-unsaturated/α-hetero) is 1. The van der Waals surface area contributed by atoms with E-state index in [-0.39, 0.29) is 18.3 Å². The van der Waals surface area contributed by atoms with Gasteiger partial charge in [-0.1, -0.05) is 30.3 Å². The van der Waals surface area contributed by atoms with E-state index in [0.717, 1.165) is 5.56 Å². The fourth-order valence-electron chi connectivity index (χ4n) is 3.14. The molecule has 2 aromatic rings. The molecule has 1 aromatic heterocycles. The highest BCUT2D eigenvalue weighted by Gasteiger charge is 2.44. The van der Waals surface area contributed by atoms with Crippen LogP contribution in [0.4, 0.5) is 0 Å². The van der Waals surface area contributed by atoms with E-state index in [2.05, 4.69) is 4.98 Å². The number of rotatable bonds is 7. The maximum absolute atomic E-state index is 12.6. The molecule has 0 radical (unpaired) electrons. The van der Waals surface area contributed by atoms with Gasteiger partial charge in [-0.05, 0) is 12.0 Å². The lowest BCUT2D eigenvalue weighted by Gasteiger charge is -2.33. The second kappa shape index (κ2) is 8.92. The number of hydrogen-bond acceptors (Lipinski definition) is 7. The molecular weight excluding hydrogens is 350 g/mol. The number of benzene rings is 1. The first kappa shape index (κ1) is 19.3. The highest BCUT2D eigenvalue weighted by molar-refractivity contribution is 6.00. The molecule has 0 saturated carbocycles. The van der Waals surface area contributed by atoms with E-state index in [1.165, 1.54) is 13.4 Å². The lowest BCUT2D eigenvalue weighted by Crippen LogP contribution is -2.41. The largest absolute Gasteiger partial charge is 0.468 e. The van der Waals surface area contributed by atoms with E-state index >= 15 is 0 Å². The minimum Gasteiger partial charge on any atom is -0.468 e. The molecule has 7 nitrogen and oxygen atoms in total. The number of ketones is 1. The molecular formula is C20H23NO6. The van der Waals surface area contributed by atoms with Gasteiger partial charge >= 0.3 is 5.97 Å². The van der Waals surface area contributed by atoms with Gasteiger partial charge < -0.3 is 18.6 Å². The summed E-state index contributed by atoms with van der Waals surface area (Å²) in [6.45, 7) is 2.63. The summed E-state index contributed by atoms with van der Waals surface area (Å²) in [4.78, 5) is 28.9. The third-order valence-corrected chi connectivity index (χ3v) is 4.50. The monoisotopic (exact) mass is 373 g/mol. The van der Waals surface area contributed by atoms with Crippen molar-refractivity contribution in [3.8, 4) is 0 Å². The SMILES string of the molecule is COC(=O)[C@H]1C(=O)C[C@H](CCOCc2ccccc2)O[C@@H]1c1coc(C)n1. The first-order valence-electron chi connectivity index (χ1n) is 8.88. The topological polar surface area (TPSA) is 87.9 Å². The van der Waals surface area contributed by atoms with Gasteiger partial charge in [0.05, 0.1) is 19.8 Å². The second-order valence-electron chi connectivity index (χ2n) is 6.47. The highest BCUT2D eigenvalue weighted by Crippen LogP contribution is 2.35. The van der Waals surface area contributed by atoms with E-state index in [4.69, 9.17) is 18.6 Å². The van der Waals surface area contributed by atoms with Crippen LogP contribution >= 0.6 is 0 Å². The fourth-order valence-corrected chi connectivity index (χ4v) is 3.14. The number of aryl methyl sites for hydroxylation is 1. The summed E-state index contributed by atoms with van der Waals surface area (Å²) >= 11 is 0. The fraction of sp³-hybridized carbons (Fsp3) is 0.450. The maximum Gasteiger partial charge on any atom is 0.319 e. The number of methoxy groups -OCH3 is 1. The molecule has 0 N–H and O–H groups in total. The molecule has 0 bridgehead atoms. The Morgan fingerprint density at radius 3 is 2.74 bits per heavy atom. The van der Waals surface area contributed by atoms with Crippen molar-refractivity contribution in [2.75, 3.05) is 13.7 Å². The van der Waals surface area contributed by atoms with E-state index in [1.807, 2.05) is 30.3 Å². The van der Waals surface area contributed by atoms with Gasteiger partial charge in [0.1, 0.15) is 24.0 Å². The van der Waals surface area contributed by atoms with Crippen molar-refractivity contribution in [3.63, 3.8) is 0 Å². The molecule has 0 aliphatic carbocycles. The Labute approximate surface area is 157 Å². The Hall–Kier alpha value is -2.51. The Balaban J connectivity index is 1.61. The quantitative estimate of drug-likeness (QED) is 0.419.